The lowest BCUT2D eigenvalue weighted by Crippen LogP contribution is -2.78. The third-order valence-corrected chi connectivity index (χ3v) is 5.59. The molecule has 0 saturated heterocycles. The zero-order valence-corrected chi connectivity index (χ0v) is 16.6. The van der Waals surface area contributed by atoms with Crippen LogP contribution in [0, 0.1) is 0 Å². The van der Waals surface area contributed by atoms with E-state index in [1.807, 2.05) is 60.7 Å². The maximum Gasteiger partial charge on any atom is 0.282 e. The number of anilines is 1. The first kappa shape index (κ1) is 19.7. The predicted molar refractivity (Wildman–Crippen MR) is 116 cm³/mol. The quantitative estimate of drug-likeness (QED) is 0.341. The molecule has 0 unspecified atom stereocenters. The van der Waals surface area contributed by atoms with Crippen molar-refractivity contribution in [2.24, 2.45) is 0 Å². The summed E-state index contributed by atoms with van der Waals surface area (Å²) in [5.74, 6) is 0.246. The van der Waals surface area contributed by atoms with Gasteiger partial charge in [-0.05, 0) is 48.6 Å². The first-order valence-electron chi connectivity index (χ1n) is 8.62. The van der Waals surface area contributed by atoms with E-state index in [0.717, 1.165) is 11.3 Å². The van der Waals surface area contributed by atoms with Gasteiger partial charge in [0.15, 0.2) is 5.88 Å². The van der Waals surface area contributed by atoms with Crippen molar-refractivity contribution in [1.29, 1.82) is 0 Å². The lowest BCUT2D eigenvalue weighted by atomic mass is 10.2. The van der Waals surface area contributed by atoms with Gasteiger partial charge in [0, 0.05) is 5.69 Å². The number of hydrogen-bond acceptors (Lipinski definition) is 3. The van der Waals surface area contributed by atoms with E-state index in [1.54, 1.807) is 30.3 Å². The Hall–Kier alpha value is -3.03. The first-order valence-corrected chi connectivity index (χ1v) is 10.7. The second-order valence-corrected chi connectivity index (χ2v) is 8.33. The minimum absolute atomic E-state index is 0.262. The zero-order chi connectivity index (χ0) is 19.8. The molecule has 3 rings (SSSR count). The standard InChI is InChI=1S/C21H19N3O2S2/c25-28(26,19-14-8-3-9-15-19)16-22-20(17-10-4-1-5-11-17)24-21(27)23-18-12-6-2-7-13-18/h1-15H,16H2,(H2,22,23,24,27)/p+1. The van der Waals surface area contributed by atoms with Crippen molar-refractivity contribution >= 4 is 38.7 Å². The van der Waals surface area contributed by atoms with Gasteiger partial charge in [0.2, 0.25) is 9.84 Å². The summed E-state index contributed by atoms with van der Waals surface area (Å²) in [6.07, 6.45) is 0. The number of amidine groups is 1. The van der Waals surface area contributed by atoms with Gasteiger partial charge in [-0.1, -0.05) is 54.6 Å². The normalized spacial score (nSPS) is 11.6. The van der Waals surface area contributed by atoms with Gasteiger partial charge in [-0.2, -0.15) is 0 Å². The summed E-state index contributed by atoms with van der Waals surface area (Å²) in [4.78, 5) is 3.25. The number of para-hydroxylation sites is 1. The van der Waals surface area contributed by atoms with Crippen molar-refractivity contribution in [2.75, 3.05) is 11.2 Å². The molecule has 0 spiro atoms. The van der Waals surface area contributed by atoms with Crippen LogP contribution in [0.4, 0.5) is 5.69 Å². The van der Waals surface area contributed by atoms with E-state index in [2.05, 4.69) is 15.6 Å². The molecule has 0 saturated carbocycles. The number of rotatable bonds is 5. The molecule has 7 heteroatoms. The van der Waals surface area contributed by atoms with E-state index in [1.165, 1.54) is 0 Å². The Morgan fingerprint density at radius 1 is 0.821 bits per heavy atom. The van der Waals surface area contributed by atoms with Gasteiger partial charge < -0.3 is 5.32 Å². The van der Waals surface area contributed by atoms with Gasteiger partial charge in [-0.15, -0.1) is 0 Å². The molecule has 0 heterocycles. The maximum absolute atomic E-state index is 12.6. The summed E-state index contributed by atoms with van der Waals surface area (Å²) in [6.45, 7) is 0. The van der Waals surface area contributed by atoms with Gasteiger partial charge >= 0.3 is 0 Å². The van der Waals surface area contributed by atoms with E-state index in [9.17, 15) is 8.42 Å². The monoisotopic (exact) mass is 410 g/mol. The van der Waals surface area contributed by atoms with E-state index in [4.69, 9.17) is 12.2 Å². The van der Waals surface area contributed by atoms with Crippen molar-refractivity contribution in [3.63, 3.8) is 0 Å². The smallest absolute Gasteiger partial charge is 0.282 e. The molecular weight excluding hydrogens is 390 g/mol. The number of sulfone groups is 1. The highest BCUT2D eigenvalue weighted by Gasteiger charge is 2.18. The van der Waals surface area contributed by atoms with Gasteiger partial charge in [0.05, 0.1) is 10.5 Å². The fraction of sp³-hybridized carbons (Fsp3) is 0.0476. The average Bonchev–Trinajstić information content (AvgIpc) is 2.73. The van der Waals surface area contributed by atoms with E-state index in [-0.39, 0.29) is 10.8 Å². The van der Waals surface area contributed by atoms with Crippen LogP contribution in [0.1, 0.15) is 5.56 Å². The largest absolute Gasteiger partial charge is 0.313 e. The summed E-state index contributed by atoms with van der Waals surface area (Å²) < 4.78 is 25.2. The highest BCUT2D eigenvalue weighted by molar-refractivity contribution is 7.91. The number of nitrogens with one attached hydrogen (secondary N) is 3. The Morgan fingerprint density at radius 2 is 1.36 bits per heavy atom. The van der Waals surface area contributed by atoms with Crippen LogP contribution in [0.25, 0.3) is 0 Å². The van der Waals surface area contributed by atoms with E-state index in [0.29, 0.717) is 10.9 Å². The molecule has 0 fully saturated rings. The lowest BCUT2D eigenvalue weighted by molar-refractivity contribution is -0.434. The molecule has 0 atom stereocenters. The molecule has 5 nitrogen and oxygen atoms in total. The van der Waals surface area contributed by atoms with Gasteiger partial charge in [0.25, 0.3) is 10.9 Å². The summed E-state index contributed by atoms with van der Waals surface area (Å²) >= 11 is 5.38. The molecule has 0 bridgehead atoms. The number of thiocarbonyl (C=S) groups is 1. The molecule has 142 valence electrons. The van der Waals surface area contributed by atoms with Crippen molar-refractivity contribution in [3.05, 3.63) is 96.6 Å². The highest BCUT2D eigenvalue weighted by atomic mass is 32.2. The third kappa shape index (κ3) is 5.48. The predicted octanol–water partition coefficient (Wildman–Crippen LogP) is 1.93. The van der Waals surface area contributed by atoms with Gasteiger partial charge in [-0.25, -0.2) is 13.7 Å². The van der Waals surface area contributed by atoms with Crippen LogP contribution in [-0.4, -0.2) is 25.2 Å². The van der Waals surface area contributed by atoms with Crippen molar-refractivity contribution in [2.45, 2.75) is 4.90 Å². The summed E-state index contributed by atoms with van der Waals surface area (Å²) in [5.41, 5.74) is 1.63. The molecule has 3 aromatic carbocycles. The minimum atomic E-state index is -3.49. The van der Waals surface area contributed by atoms with Crippen LogP contribution in [-0.2, 0) is 9.84 Å². The fourth-order valence-corrected chi connectivity index (χ4v) is 3.79. The first-order chi connectivity index (χ1) is 13.5. The second-order valence-electron chi connectivity index (χ2n) is 5.94. The van der Waals surface area contributed by atoms with Crippen LogP contribution < -0.4 is 15.6 Å². The van der Waals surface area contributed by atoms with Crippen LogP contribution in [0.3, 0.4) is 0 Å². The molecule has 0 aliphatic carbocycles. The summed E-state index contributed by atoms with van der Waals surface area (Å²) in [5, 5.41) is 6.50. The molecule has 0 aliphatic heterocycles. The third-order valence-electron chi connectivity index (χ3n) is 3.87. The Bertz CT molecular complexity index is 1050. The Labute approximate surface area is 170 Å². The topological polar surface area (TPSA) is 72.2 Å². The van der Waals surface area contributed by atoms with Gasteiger partial charge in [0.1, 0.15) is 0 Å². The number of benzene rings is 3. The zero-order valence-electron chi connectivity index (χ0n) is 15.0. The Morgan fingerprint density at radius 3 is 1.96 bits per heavy atom. The molecule has 28 heavy (non-hydrogen) atoms. The van der Waals surface area contributed by atoms with Gasteiger partial charge in [-0.3, -0.25) is 4.99 Å². The summed E-state index contributed by atoms with van der Waals surface area (Å²) in [6, 6.07) is 27.2. The van der Waals surface area contributed by atoms with Crippen molar-refractivity contribution in [1.82, 2.24) is 5.32 Å². The van der Waals surface area contributed by atoms with Crippen LogP contribution in [0.15, 0.2) is 95.9 Å². The van der Waals surface area contributed by atoms with Crippen LogP contribution >= 0.6 is 12.2 Å². The van der Waals surface area contributed by atoms with Crippen LogP contribution in [0.2, 0.25) is 0 Å². The summed E-state index contributed by atoms with van der Waals surface area (Å²) in [7, 11) is -3.49. The Kier molecular flexibility index (Phi) is 6.52. The molecule has 0 amide bonds. The molecule has 0 radical (unpaired) electrons. The average molecular weight is 411 g/mol. The van der Waals surface area contributed by atoms with Crippen molar-refractivity contribution in [3.8, 4) is 0 Å². The maximum atomic E-state index is 12.6. The molecule has 3 aromatic rings. The van der Waals surface area contributed by atoms with E-state index < -0.39 is 9.84 Å². The van der Waals surface area contributed by atoms with E-state index >= 15 is 0 Å². The van der Waals surface area contributed by atoms with Crippen molar-refractivity contribution < 1.29 is 13.4 Å². The molecule has 0 aliphatic rings. The fourth-order valence-electron chi connectivity index (χ4n) is 2.50. The van der Waals surface area contributed by atoms with Crippen LogP contribution in [0.5, 0.6) is 0 Å². The highest BCUT2D eigenvalue weighted by Crippen LogP contribution is 2.07. The Balaban J connectivity index is 1.81. The molecular formula is C21H20N3O2S2+. The number of hydrogen-bond donors (Lipinski definition) is 3. The molecule has 0 aromatic heterocycles. The SMILES string of the molecule is O=S(=O)(C[NH+]=C(NC(=S)Nc1ccccc1)c1ccccc1)c1ccccc1. The lowest BCUT2D eigenvalue weighted by Gasteiger charge is -2.08. The minimum Gasteiger partial charge on any atom is -0.313 e. The molecule has 3 N–H and O–H groups in total. The second kappa shape index (κ2) is 9.25.